The number of hydrogen-bond acceptors (Lipinski definition) is 3. The van der Waals surface area contributed by atoms with E-state index in [0.717, 1.165) is 18.5 Å². The summed E-state index contributed by atoms with van der Waals surface area (Å²) >= 11 is 0. The summed E-state index contributed by atoms with van der Waals surface area (Å²) in [5.74, 6) is 0.352. The zero-order valence-corrected chi connectivity index (χ0v) is 15.1. The third-order valence-corrected chi connectivity index (χ3v) is 4.59. The fourth-order valence-electron chi connectivity index (χ4n) is 3.40. The number of aromatic hydroxyl groups is 2. The van der Waals surface area contributed by atoms with Crippen molar-refractivity contribution in [1.29, 1.82) is 0 Å². The van der Waals surface area contributed by atoms with Crippen LogP contribution in [0.25, 0.3) is 0 Å². The largest absolute Gasteiger partial charge is 0.508 e. The summed E-state index contributed by atoms with van der Waals surface area (Å²) in [6.45, 7) is 9.82. The standard InChI is InChI=1S/C21H29NO2/c1-15(2)22(16(3)4)13-12-19(17-8-6-5-7-9-17)20-11-10-18(23)14-21(20)24/h5-11,14-16,19,23-24H,12-13H2,1-4H3. The molecular formula is C21H29NO2. The first-order chi connectivity index (χ1) is 11.4. The number of nitrogens with zero attached hydrogens (tertiary/aromatic N) is 1. The van der Waals surface area contributed by atoms with Crippen LogP contribution in [-0.2, 0) is 0 Å². The Morgan fingerprint density at radius 2 is 1.50 bits per heavy atom. The maximum absolute atomic E-state index is 10.3. The van der Waals surface area contributed by atoms with Gasteiger partial charge in [0.15, 0.2) is 0 Å². The number of benzene rings is 2. The first kappa shape index (κ1) is 18.3. The first-order valence-corrected chi connectivity index (χ1v) is 8.72. The van der Waals surface area contributed by atoms with Gasteiger partial charge in [0, 0.05) is 29.6 Å². The van der Waals surface area contributed by atoms with E-state index in [0.29, 0.717) is 12.1 Å². The summed E-state index contributed by atoms with van der Waals surface area (Å²) in [6.07, 6.45) is 0.915. The van der Waals surface area contributed by atoms with Gasteiger partial charge in [0.1, 0.15) is 11.5 Å². The monoisotopic (exact) mass is 327 g/mol. The van der Waals surface area contributed by atoms with E-state index in [-0.39, 0.29) is 17.4 Å². The predicted molar refractivity (Wildman–Crippen MR) is 99.7 cm³/mol. The quantitative estimate of drug-likeness (QED) is 0.772. The second kappa shape index (κ2) is 8.20. The van der Waals surface area contributed by atoms with E-state index in [1.165, 1.54) is 11.6 Å². The molecule has 0 radical (unpaired) electrons. The average Bonchev–Trinajstić information content (AvgIpc) is 2.52. The van der Waals surface area contributed by atoms with Crippen LogP contribution in [0.1, 0.15) is 51.2 Å². The Labute approximate surface area is 145 Å². The fourth-order valence-corrected chi connectivity index (χ4v) is 3.40. The molecule has 0 spiro atoms. The highest BCUT2D eigenvalue weighted by Crippen LogP contribution is 2.36. The van der Waals surface area contributed by atoms with Crippen LogP contribution in [0.3, 0.4) is 0 Å². The van der Waals surface area contributed by atoms with Gasteiger partial charge in [0.2, 0.25) is 0 Å². The van der Waals surface area contributed by atoms with Crippen LogP contribution >= 0.6 is 0 Å². The first-order valence-electron chi connectivity index (χ1n) is 8.72. The fraction of sp³-hybridized carbons (Fsp3) is 0.429. The van der Waals surface area contributed by atoms with Crippen molar-refractivity contribution in [3.63, 3.8) is 0 Å². The zero-order chi connectivity index (χ0) is 17.7. The minimum absolute atomic E-state index is 0.0917. The summed E-state index contributed by atoms with van der Waals surface area (Å²) in [6, 6.07) is 16.1. The Morgan fingerprint density at radius 3 is 2.04 bits per heavy atom. The molecule has 0 aliphatic rings. The summed E-state index contributed by atoms with van der Waals surface area (Å²) in [5.41, 5.74) is 2.05. The van der Waals surface area contributed by atoms with E-state index in [1.807, 2.05) is 24.3 Å². The van der Waals surface area contributed by atoms with E-state index in [2.05, 4.69) is 44.7 Å². The lowest BCUT2D eigenvalue weighted by Crippen LogP contribution is -2.38. The maximum Gasteiger partial charge on any atom is 0.123 e. The summed E-state index contributed by atoms with van der Waals surface area (Å²) < 4.78 is 0. The molecule has 0 aromatic heterocycles. The van der Waals surface area contributed by atoms with E-state index in [1.54, 1.807) is 6.07 Å². The summed E-state index contributed by atoms with van der Waals surface area (Å²) in [4.78, 5) is 2.47. The third kappa shape index (κ3) is 4.51. The van der Waals surface area contributed by atoms with Gasteiger partial charge < -0.3 is 10.2 Å². The van der Waals surface area contributed by atoms with E-state index < -0.39 is 0 Å². The van der Waals surface area contributed by atoms with Crippen LogP contribution in [0, 0.1) is 0 Å². The summed E-state index contributed by atoms with van der Waals surface area (Å²) in [5, 5.41) is 19.9. The van der Waals surface area contributed by atoms with Crippen LogP contribution in [0.15, 0.2) is 48.5 Å². The molecule has 2 aromatic carbocycles. The molecule has 1 atom stereocenters. The minimum Gasteiger partial charge on any atom is -0.508 e. The molecule has 0 aliphatic heterocycles. The Morgan fingerprint density at radius 1 is 0.875 bits per heavy atom. The van der Waals surface area contributed by atoms with Gasteiger partial charge in [-0.3, -0.25) is 4.90 Å². The molecular weight excluding hydrogens is 298 g/mol. The average molecular weight is 327 g/mol. The molecule has 130 valence electrons. The van der Waals surface area contributed by atoms with Crippen molar-refractivity contribution >= 4 is 0 Å². The molecule has 0 saturated carbocycles. The normalized spacial score (nSPS) is 13.0. The van der Waals surface area contributed by atoms with Crippen molar-refractivity contribution in [3.8, 4) is 11.5 Å². The topological polar surface area (TPSA) is 43.7 Å². The summed E-state index contributed by atoms with van der Waals surface area (Å²) in [7, 11) is 0. The lowest BCUT2D eigenvalue weighted by molar-refractivity contribution is 0.170. The van der Waals surface area contributed by atoms with E-state index in [9.17, 15) is 10.2 Å². The van der Waals surface area contributed by atoms with Gasteiger partial charge in [-0.2, -0.15) is 0 Å². The molecule has 0 heterocycles. The zero-order valence-electron chi connectivity index (χ0n) is 15.1. The van der Waals surface area contributed by atoms with Gasteiger partial charge in [-0.05, 0) is 52.3 Å². The lowest BCUT2D eigenvalue weighted by atomic mass is 9.87. The van der Waals surface area contributed by atoms with Gasteiger partial charge >= 0.3 is 0 Å². The Bertz CT molecular complexity index is 630. The highest BCUT2D eigenvalue weighted by atomic mass is 16.3. The Balaban J connectivity index is 2.30. The smallest absolute Gasteiger partial charge is 0.123 e. The van der Waals surface area contributed by atoms with E-state index >= 15 is 0 Å². The molecule has 24 heavy (non-hydrogen) atoms. The molecule has 1 unspecified atom stereocenters. The minimum atomic E-state index is 0.0917. The van der Waals surface area contributed by atoms with Crippen molar-refractivity contribution < 1.29 is 10.2 Å². The third-order valence-electron chi connectivity index (χ3n) is 4.59. The highest BCUT2D eigenvalue weighted by Gasteiger charge is 2.21. The van der Waals surface area contributed by atoms with Crippen LogP contribution < -0.4 is 0 Å². The molecule has 2 rings (SSSR count). The van der Waals surface area contributed by atoms with Crippen molar-refractivity contribution in [3.05, 3.63) is 59.7 Å². The highest BCUT2D eigenvalue weighted by molar-refractivity contribution is 5.45. The van der Waals surface area contributed by atoms with Crippen molar-refractivity contribution in [2.75, 3.05) is 6.54 Å². The van der Waals surface area contributed by atoms with Gasteiger partial charge in [-0.1, -0.05) is 36.4 Å². The number of phenolic OH excluding ortho intramolecular Hbond substituents is 2. The van der Waals surface area contributed by atoms with E-state index in [4.69, 9.17) is 0 Å². The molecule has 0 aliphatic carbocycles. The second-order valence-electron chi connectivity index (χ2n) is 6.92. The SMILES string of the molecule is CC(C)N(CCC(c1ccccc1)c1ccc(O)cc1O)C(C)C. The Kier molecular flexibility index (Phi) is 6.27. The molecule has 2 aromatic rings. The van der Waals surface area contributed by atoms with Crippen LogP contribution in [0.5, 0.6) is 11.5 Å². The molecule has 0 fully saturated rings. The number of phenols is 2. The van der Waals surface area contributed by atoms with Gasteiger partial charge in [0.25, 0.3) is 0 Å². The molecule has 2 N–H and O–H groups in total. The number of hydrogen-bond donors (Lipinski definition) is 2. The van der Waals surface area contributed by atoms with Crippen molar-refractivity contribution in [1.82, 2.24) is 4.90 Å². The van der Waals surface area contributed by atoms with Crippen molar-refractivity contribution in [2.24, 2.45) is 0 Å². The second-order valence-corrected chi connectivity index (χ2v) is 6.92. The van der Waals surface area contributed by atoms with Gasteiger partial charge in [-0.15, -0.1) is 0 Å². The van der Waals surface area contributed by atoms with Crippen LogP contribution in [0.2, 0.25) is 0 Å². The van der Waals surface area contributed by atoms with Crippen LogP contribution in [-0.4, -0.2) is 33.7 Å². The molecule has 0 saturated heterocycles. The molecule has 0 bridgehead atoms. The van der Waals surface area contributed by atoms with Crippen LogP contribution in [0.4, 0.5) is 0 Å². The maximum atomic E-state index is 10.3. The van der Waals surface area contributed by atoms with Gasteiger partial charge in [0.05, 0.1) is 0 Å². The Hall–Kier alpha value is -2.00. The number of rotatable bonds is 7. The lowest BCUT2D eigenvalue weighted by Gasteiger charge is -2.32. The molecule has 3 heteroatoms. The van der Waals surface area contributed by atoms with Gasteiger partial charge in [-0.25, -0.2) is 0 Å². The predicted octanol–water partition coefficient (Wildman–Crippen LogP) is 4.74. The van der Waals surface area contributed by atoms with Crippen molar-refractivity contribution in [2.45, 2.75) is 52.1 Å². The molecule has 0 amide bonds. The molecule has 3 nitrogen and oxygen atoms in total.